The summed E-state index contributed by atoms with van der Waals surface area (Å²) in [5.74, 6) is 0.271. The molecule has 0 bridgehead atoms. The Morgan fingerprint density at radius 1 is 1.19 bits per heavy atom. The van der Waals surface area contributed by atoms with Gasteiger partial charge >= 0.3 is 0 Å². The molecule has 0 saturated heterocycles. The zero-order valence-corrected chi connectivity index (χ0v) is 19.1. The van der Waals surface area contributed by atoms with Crippen LogP contribution in [0.15, 0.2) is 52.8 Å². The van der Waals surface area contributed by atoms with Crippen molar-refractivity contribution in [3.8, 4) is 11.1 Å². The quantitative estimate of drug-likeness (QED) is 0.489. The van der Waals surface area contributed by atoms with Crippen LogP contribution in [-0.2, 0) is 4.79 Å². The second-order valence-corrected chi connectivity index (χ2v) is 9.51. The fourth-order valence-corrected chi connectivity index (χ4v) is 5.12. The molecule has 2 aromatic heterocycles. The highest BCUT2D eigenvalue weighted by Crippen LogP contribution is 2.32. The molecular weight excluding hydrogens is 430 g/mol. The summed E-state index contributed by atoms with van der Waals surface area (Å²) in [5, 5.41) is 5.95. The van der Waals surface area contributed by atoms with Gasteiger partial charge in [-0.2, -0.15) is 0 Å². The second-order valence-electron chi connectivity index (χ2n) is 8.18. The summed E-state index contributed by atoms with van der Waals surface area (Å²) in [6.45, 7) is 1.89. The van der Waals surface area contributed by atoms with Gasteiger partial charge in [0.2, 0.25) is 5.91 Å². The van der Waals surface area contributed by atoms with Crippen molar-refractivity contribution in [1.29, 1.82) is 0 Å². The molecule has 31 heavy (non-hydrogen) atoms. The molecule has 1 unspecified atom stereocenters. The molecule has 5 nitrogen and oxygen atoms in total. The Labute approximate surface area is 191 Å². The van der Waals surface area contributed by atoms with Crippen molar-refractivity contribution in [3.05, 3.63) is 69.0 Å². The van der Waals surface area contributed by atoms with Crippen molar-refractivity contribution >= 4 is 34.0 Å². The molecule has 3 aromatic rings. The van der Waals surface area contributed by atoms with Crippen LogP contribution in [0.25, 0.3) is 11.1 Å². The Bertz CT molecular complexity index is 1090. The molecule has 0 radical (unpaired) electrons. The lowest BCUT2D eigenvalue weighted by atomic mass is 9.84. The highest BCUT2D eigenvalue weighted by atomic mass is 35.5. The lowest BCUT2D eigenvalue weighted by molar-refractivity contribution is -0.120. The Morgan fingerprint density at radius 2 is 1.94 bits per heavy atom. The maximum atomic E-state index is 13.3. The summed E-state index contributed by atoms with van der Waals surface area (Å²) in [4.78, 5) is 30.7. The average molecular weight is 456 g/mol. The van der Waals surface area contributed by atoms with Crippen LogP contribution in [0.5, 0.6) is 0 Å². The fraction of sp³-hybridized carbons (Fsp3) is 0.375. The molecule has 1 aliphatic carbocycles. The number of hydrogen-bond donors (Lipinski definition) is 1. The van der Waals surface area contributed by atoms with Crippen molar-refractivity contribution < 1.29 is 4.79 Å². The van der Waals surface area contributed by atoms with Gasteiger partial charge in [0, 0.05) is 28.4 Å². The maximum Gasteiger partial charge on any atom is 0.252 e. The predicted octanol–water partition coefficient (Wildman–Crippen LogP) is 6.08. The first-order valence-electron chi connectivity index (χ1n) is 10.7. The Hall–Kier alpha value is -2.44. The third kappa shape index (κ3) is 5.25. The standard InChI is InChI=1S/C24H26ClN3O2S/c1-16-13-19(18-7-9-20(25)10-8-18)15-22(29)28(16)21(14-17-5-3-2-4-6-17)23(30)27-24-26-11-12-31-24/h7-13,15,17,21H,2-6,14H2,1H3,(H,26,27,30). The van der Waals surface area contributed by atoms with E-state index in [2.05, 4.69) is 10.3 Å². The number of anilines is 1. The van der Waals surface area contributed by atoms with Crippen LogP contribution >= 0.6 is 22.9 Å². The summed E-state index contributed by atoms with van der Waals surface area (Å²) >= 11 is 7.38. The normalized spacial score (nSPS) is 15.5. The zero-order chi connectivity index (χ0) is 21.8. The maximum absolute atomic E-state index is 13.3. The van der Waals surface area contributed by atoms with E-state index in [9.17, 15) is 9.59 Å². The molecule has 0 aliphatic heterocycles. The summed E-state index contributed by atoms with van der Waals surface area (Å²) < 4.78 is 1.65. The number of aryl methyl sites for hydroxylation is 1. The van der Waals surface area contributed by atoms with E-state index >= 15 is 0 Å². The topological polar surface area (TPSA) is 64.0 Å². The number of thiazole rings is 1. The third-order valence-electron chi connectivity index (χ3n) is 6.00. The van der Waals surface area contributed by atoms with Gasteiger partial charge in [0.25, 0.3) is 5.56 Å². The van der Waals surface area contributed by atoms with Crippen LogP contribution in [0, 0.1) is 12.8 Å². The van der Waals surface area contributed by atoms with Crippen LogP contribution in [0.2, 0.25) is 5.02 Å². The fourth-order valence-electron chi connectivity index (χ4n) is 4.46. The molecule has 1 amide bonds. The van der Waals surface area contributed by atoms with E-state index in [-0.39, 0.29) is 11.5 Å². The van der Waals surface area contributed by atoms with E-state index in [1.54, 1.807) is 16.8 Å². The zero-order valence-electron chi connectivity index (χ0n) is 17.5. The van der Waals surface area contributed by atoms with Gasteiger partial charge in [-0.05, 0) is 48.6 Å². The van der Waals surface area contributed by atoms with Gasteiger partial charge in [-0.15, -0.1) is 11.3 Å². The summed E-state index contributed by atoms with van der Waals surface area (Å²) in [6, 6.07) is 10.4. The first-order valence-corrected chi connectivity index (χ1v) is 12.0. The number of carbonyl (C=O) groups is 1. The van der Waals surface area contributed by atoms with Crippen molar-refractivity contribution in [3.63, 3.8) is 0 Å². The number of aromatic nitrogens is 2. The lowest BCUT2D eigenvalue weighted by Crippen LogP contribution is -2.36. The second kappa shape index (κ2) is 9.79. The molecule has 162 valence electrons. The Balaban J connectivity index is 1.68. The van der Waals surface area contributed by atoms with E-state index < -0.39 is 6.04 Å². The minimum Gasteiger partial charge on any atom is -0.300 e. The van der Waals surface area contributed by atoms with Crippen molar-refractivity contribution in [2.24, 2.45) is 5.92 Å². The van der Waals surface area contributed by atoms with Gasteiger partial charge in [0.1, 0.15) is 6.04 Å². The number of carbonyl (C=O) groups excluding carboxylic acids is 1. The van der Waals surface area contributed by atoms with Crippen LogP contribution in [-0.4, -0.2) is 15.5 Å². The number of pyridine rings is 1. The monoisotopic (exact) mass is 455 g/mol. The Morgan fingerprint density at radius 3 is 2.58 bits per heavy atom. The summed E-state index contributed by atoms with van der Waals surface area (Å²) in [5.41, 5.74) is 2.35. The van der Waals surface area contributed by atoms with Gasteiger partial charge in [-0.1, -0.05) is 55.8 Å². The molecular formula is C24H26ClN3O2S. The molecule has 1 aromatic carbocycles. The molecule has 1 aliphatic rings. The first-order chi connectivity index (χ1) is 15.0. The number of nitrogens with one attached hydrogen (secondary N) is 1. The highest BCUT2D eigenvalue weighted by molar-refractivity contribution is 7.13. The lowest BCUT2D eigenvalue weighted by Gasteiger charge is -2.28. The number of benzene rings is 1. The van der Waals surface area contributed by atoms with Crippen LogP contribution in [0.3, 0.4) is 0 Å². The number of rotatable bonds is 6. The summed E-state index contributed by atoms with van der Waals surface area (Å²) in [7, 11) is 0. The van der Waals surface area contributed by atoms with Gasteiger partial charge in [0.05, 0.1) is 0 Å². The van der Waals surface area contributed by atoms with Crippen molar-refractivity contribution in [1.82, 2.24) is 9.55 Å². The first kappa shape index (κ1) is 21.8. The molecule has 7 heteroatoms. The van der Waals surface area contributed by atoms with E-state index in [1.165, 1.54) is 30.6 Å². The molecule has 1 atom stereocenters. The van der Waals surface area contributed by atoms with E-state index in [0.717, 1.165) is 29.7 Å². The predicted molar refractivity (Wildman–Crippen MR) is 127 cm³/mol. The van der Waals surface area contributed by atoms with Gasteiger partial charge in [-0.25, -0.2) is 4.98 Å². The number of halogens is 1. The Kier molecular flexibility index (Phi) is 6.88. The van der Waals surface area contributed by atoms with E-state index in [1.807, 2.05) is 42.6 Å². The highest BCUT2D eigenvalue weighted by Gasteiger charge is 2.28. The molecule has 4 rings (SSSR count). The number of hydrogen-bond acceptors (Lipinski definition) is 4. The minimum absolute atomic E-state index is 0.167. The summed E-state index contributed by atoms with van der Waals surface area (Å²) in [6.07, 6.45) is 8.17. The third-order valence-corrected chi connectivity index (χ3v) is 6.94. The van der Waals surface area contributed by atoms with Gasteiger partial charge in [0.15, 0.2) is 5.13 Å². The number of nitrogens with zero attached hydrogens (tertiary/aromatic N) is 2. The molecule has 1 saturated carbocycles. The smallest absolute Gasteiger partial charge is 0.252 e. The van der Waals surface area contributed by atoms with Crippen molar-refractivity contribution in [2.45, 2.75) is 51.5 Å². The molecule has 2 heterocycles. The molecule has 1 N–H and O–H groups in total. The van der Waals surface area contributed by atoms with E-state index in [4.69, 9.17) is 11.6 Å². The van der Waals surface area contributed by atoms with Crippen molar-refractivity contribution in [2.75, 3.05) is 5.32 Å². The largest absolute Gasteiger partial charge is 0.300 e. The van der Waals surface area contributed by atoms with Crippen LogP contribution < -0.4 is 10.9 Å². The van der Waals surface area contributed by atoms with E-state index in [0.29, 0.717) is 22.5 Å². The SMILES string of the molecule is Cc1cc(-c2ccc(Cl)cc2)cc(=O)n1C(CC1CCCCC1)C(=O)Nc1nccs1. The van der Waals surface area contributed by atoms with Crippen LogP contribution in [0.4, 0.5) is 5.13 Å². The van der Waals surface area contributed by atoms with Gasteiger partial charge < -0.3 is 9.88 Å². The van der Waals surface area contributed by atoms with Crippen LogP contribution in [0.1, 0.15) is 50.3 Å². The average Bonchev–Trinajstić information content (AvgIpc) is 3.26. The minimum atomic E-state index is -0.557. The molecule has 0 spiro atoms. The van der Waals surface area contributed by atoms with Gasteiger partial charge in [-0.3, -0.25) is 9.59 Å². The molecule has 1 fully saturated rings. The number of amides is 1.